The summed E-state index contributed by atoms with van der Waals surface area (Å²) in [5.41, 5.74) is -0.504. The second-order valence-corrected chi connectivity index (χ2v) is 6.74. The van der Waals surface area contributed by atoms with Crippen LogP contribution in [0.25, 0.3) is 0 Å². The highest BCUT2D eigenvalue weighted by Crippen LogP contribution is 2.48. The molecular weight excluding hydrogens is 256 g/mol. The van der Waals surface area contributed by atoms with Gasteiger partial charge in [-0.05, 0) is 44.4 Å². The molecule has 2 fully saturated rings. The Morgan fingerprint density at radius 2 is 2.00 bits per heavy atom. The number of carboxylic acid groups (broad SMARTS) is 1. The van der Waals surface area contributed by atoms with Gasteiger partial charge in [0.15, 0.2) is 0 Å². The van der Waals surface area contributed by atoms with Gasteiger partial charge in [-0.2, -0.15) is 0 Å². The lowest BCUT2D eigenvalue weighted by atomic mass is 9.85. The SMILES string of the molecule is CCCC1(CNC(=O)NC2CCCC2(C)C(=O)O)CC1. The van der Waals surface area contributed by atoms with Gasteiger partial charge in [-0.3, -0.25) is 4.79 Å². The highest BCUT2D eigenvalue weighted by atomic mass is 16.4. The van der Waals surface area contributed by atoms with E-state index >= 15 is 0 Å². The summed E-state index contributed by atoms with van der Waals surface area (Å²) >= 11 is 0. The van der Waals surface area contributed by atoms with Crippen molar-refractivity contribution in [1.82, 2.24) is 10.6 Å². The molecule has 2 aliphatic rings. The summed E-state index contributed by atoms with van der Waals surface area (Å²) in [5, 5.41) is 15.1. The van der Waals surface area contributed by atoms with Crippen LogP contribution in [-0.2, 0) is 4.79 Å². The largest absolute Gasteiger partial charge is 0.481 e. The molecule has 2 unspecified atom stereocenters. The van der Waals surface area contributed by atoms with Gasteiger partial charge in [0.2, 0.25) is 0 Å². The number of carbonyl (C=O) groups excluding carboxylic acids is 1. The number of nitrogens with one attached hydrogen (secondary N) is 2. The molecule has 0 spiro atoms. The normalized spacial score (nSPS) is 30.8. The molecular formula is C15H26N2O3. The molecule has 2 atom stereocenters. The van der Waals surface area contributed by atoms with Crippen LogP contribution in [0.15, 0.2) is 0 Å². The van der Waals surface area contributed by atoms with Crippen LogP contribution in [0.5, 0.6) is 0 Å². The minimum absolute atomic E-state index is 0.216. The van der Waals surface area contributed by atoms with Gasteiger partial charge in [0.25, 0.3) is 0 Å². The number of carbonyl (C=O) groups is 2. The summed E-state index contributed by atoms with van der Waals surface area (Å²) in [5.74, 6) is -0.815. The molecule has 5 heteroatoms. The van der Waals surface area contributed by atoms with Crippen molar-refractivity contribution in [3.05, 3.63) is 0 Å². The van der Waals surface area contributed by atoms with Crippen molar-refractivity contribution >= 4 is 12.0 Å². The summed E-state index contributed by atoms with van der Waals surface area (Å²) < 4.78 is 0. The zero-order valence-electron chi connectivity index (χ0n) is 12.5. The third-order valence-corrected chi connectivity index (χ3v) is 5.11. The monoisotopic (exact) mass is 282 g/mol. The minimum Gasteiger partial charge on any atom is -0.481 e. The molecule has 2 aliphatic carbocycles. The average Bonchev–Trinajstić information content (AvgIpc) is 3.06. The van der Waals surface area contributed by atoms with Gasteiger partial charge in [-0.25, -0.2) is 4.79 Å². The number of aliphatic carboxylic acids is 1. The van der Waals surface area contributed by atoms with Crippen molar-refractivity contribution in [2.24, 2.45) is 10.8 Å². The van der Waals surface area contributed by atoms with E-state index < -0.39 is 11.4 Å². The van der Waals surface area contributed by atoms with E-state index in [1.54, 1.807) is 6.92 Å². The van der Waals surface area contributed by atoms with E-state index in [1.165, 1.54) is 12.8 Å². The van der Waals surface area contributed by atoms with E-state index in [2.05, 4.69) is 17.6 Å². The van der Waals surface area contributed by atoms with E-state index in [1.807, 2.05) is 0 Å². The third kappa shape index (κ3) is 3.07. The number of amides is 2. The van der Waals surface area contributed by atoms with Crippen molar-refractivity contribution in [3.63, 3.8) is 0 Å². The van der Waals surface area contributed by atoms with Crippen LogP contribution in [0.4, 0.5) is 4.79 Å². The Morgan fingerprint density at radius 1 is 1.30 bits per heavy atom. The molecule has 0 radical (unpaired) electrons. The lowest BCUT2D eigenvalue weighted by molar-refractivity contribution is -0.148. The number of hydrogen-bond acceptors (Lipinski definition) is 2. The molecule has 114 valence electrons. The Hall–Kier alpha value is -1.26. The van der Waals surface area contributed by atoms with Gasteiger partial charge in [0, 0.05) is 12.6 Å². The van der Waals surface area contributed by atoms with Gasteiger partial charge in [0.1, 0.15) is 0 Å². The summed E-state index contributed by atoms with van der Waals surface area (Å²) in [4.78, 5) is 23.3. The third-order valence-electron chi connectivity index (χ3n) is 5.11. The summed E-state index contributed by atoms with van der Waals surface area (Å²) in [6, 6.07) is -0.479. The van der Waals surface area contributed by atoms with Gasteiger partial charge in [-0.15, -0.1) is 0 Å². The van der Waals surface area contributed by atoms with Gasteiger partial charge in [0.05, 0.1) is 5.41 Å². The Kier molecular flexibility index (Phi) is 4.25. The van der Waals surface area contributed by atoms with Crippen LogP contribution < -0.4 is 10.6 Å². The maximum atomic E-state index is 12.0. The lowest BCUT2D eigenvalue weighted by Gasteiger charge is -2.28. The molecule has 0 aromatic carbocycles. The second-order valence-electron chi connectivity index (χ2n) is 6.74. The Bertz CT molecular complexity index is 393. The van der Waals surface area contributed by atoms with Crippen molar-refractivity contribution in [2.45, 2.75) is 64.8 Å². The quantitative estimate of drug-likeness (QED) is 0.700. The first-order valence-electron chi connectivity index (χ1n) is 7.70. The first kappa shape index (κ1) is 15.1. The molecule has 0 heterocycles. The number of carboxylic acids is 1. The number of hydrogen-bond donors (Lipinski definition) is 3. The molecule has 2 saturated carbocycles. The van der Waals surface area contributed by atoms with Crippen molar-refractivity contribution in [2.75, 3.05) is 6.54 Å². The van der Waals surface area contributed by atoms with Crippen LogP contribution in [0, 0.1) is 10.8 Å². The smallest absolute Gasteiger partial charge is 0.315 e. The lowest BCUT2D eigenvalue weighted by Crippen LogP contribution is -2.51. The maximum Gasteiger partial charge on any atom is 0.315 e. The predicted molar refractivity (Wildman–Crippen MR) is 76.5 cm³/mol. The molecule has 2 rings (SSSR count). The maximum absolute atomic E-state index is 12.0. The van der Waals surface area contributed by atoms with Crippen LogP contribution in [-0.4, -0.2) is 29.7 Å². The average molecular weight is 282 g/mol. The highest BCUT2D eigenvalue weighted by Gasteiger charge is 2.46. The summed E-state index contributed by atoms with van der Waals surface area (Å²) in [6.07, 6.45) is 6.91. The molecule has 3 N–H and O–H groups in total. The Labute approximate surface area is 120 Å². The standard InChI is InChI=1S/C15H26N2O3/c1-3-6-15(8-9-15)10-16-13(20)17-11-5-4-7-14(11,2)12(18)19/h11H,3-10H2,1-2H3,(H,18,19)(H2,16,17,20). The van der Waals surface area contributed by atoms with Crippen molar-refractivity contribution in [1.29, 1.82) is 0 Å². The van der Waals surface area contributed by atoms with E-state index in [9.17, 15) is 14.7 Å². The molecule has 0 bridgehead atoms. The van der Waals surface area contributed by atoms with Gasteiger partial charge >= 0.3 is 12.0 Å². The minimum atomic E-state index is -0.821. The van der Waals surface area contributed by atoms with Crippen LogP contribution >= 0.6 is 0 Å². The topological polar surface area (TPSA) is 78.4 Å². The molecule has 20 heavy (non-hydrogen) atoms. The Morgan fingerprint density at radius 3 is 2.55 bits per heavy atom. The zero-order chi connectivity index (χ0) is 14.8. The van der Waals surface area contributed by atoms with Crippen LogP contribution in [0.3, 0.4) is 0 Å². The summed E-state index contributed by atoms with van der Waals surface area (Å²) in [6.45, 7) is 4.60. The van der Waals surface area contributed by atoms with E-state index in [0.29, 0.717) is 18.4 Å². The number of rotatable bonds is 6. The first-order chi connectivity index (χ1) is 9.42. The fraction of sp³-hybridized carbons (Fsp3) is 0.867. The predicted octanol–water partition coefficient (Wildman–Crippen LogP) is 2.51. The number of urea groups is 1. The van der Waals surface area contributed by atoms with E-state index in [4.69, 9.17) is 0 Å². The second kappa shape index (κ2) is 5.62. The van der Waals surface area contributed by atoms with Crippen molar-refractivity contribution in [3.8, 4) is 0 Å². The molecule has 0 saturated heterocycles. The van der Waals surface area contributed by atoms with E-state index in [-0.39, 0.29) is 12.1 Å². The zero-order valence-corrected chi connectivity index (χ0v) is 12.5. The van der Waals surface area contributed by atoms with Gasteiger partial charge < -0.3 is 15.7 Å². The fourth-order valence-corrected chi connectivity index (χ4v) is 3.35. The van der Waals surface area contributed by atoms with Crippen LogP contribution in [0.2, 0.25) is 0 Å². The fourth-order valence-electron chi connectivity index (χ4n) is 3.35. The van der Waals surface area contributed by atoms with Crippen molar-refractivity contribution < 1.29 is 14.7 Å². The van der Waals surface area contributed by atoms with E-state index in [0.717, 1.165) is 25.7 Å². The molecule has 0 aliphatic heterocycles. The summed E-state index contributed by atoms with van der Waals surface area (Å²) in [7, 11) is 0. The Balaban J connectivity index is 1.81. The van der Waals surface area contributed by atoms with Gasteiger partial charge in [-0.1, -0.05) is 19.8 Å². The molecule has 5 nitrogen and oxygen atoms in total. The molecule has 0 aromatic rings. The highest BCUT2D eigenvalue weighted by molar-refractivity contribution is 5.79. The van der Waals surface area contributed by atoms with Crippen LogP contribution in [0.1, 0.15) is 58.8 Å². The molecule has 2 amide bonds. The molecule has 0 aromatic heterocycles. The first-order valence-corrected chi connectivity index (χ1v) is 7.70.